The van der Waals surface area contributed by atoms with Gasteiger partial charge in [-0.2, -0.15) is 4.31 Å². The lowest BCUT2D eigenvalue weighted by Crippen LogP contribution is -2.33. The van der Waals surface area contributed by atoms with Crippen LogP contribution >= 0.6 is 0 Å². The van der Waals surface area contributed by atoms with Crippen molar-refractivity contribution in [3.05, 3.63) is 41.3 Å². The number of rotatable bonds is 7. The van der Waals surface area contributed by atoms with Gasteiger partial charge in [0.05, 0.1) is 6.42 Å². The molecule has 5 nitrogen and oxygen atoms in total. The number of aliphatic carboxylic acids is 1. The molecule has 108 valence electrons. The predicted molar refractivity (Wildman–Crippen MR) is 76.4 cm³/mol. The van der Waals surface area contributed by atoms with E-state index >= 15 is 0 Å². The lowest BCUT2D eigenvalue weighted by atomic mass is 10.2. The monoisotopic (exact) mass is 295 g/mol. The van der Waals surface area contributed by atoms with Gasteiger partial charge in [0.25, 0.3) is 0 Å². The molecule has 0 bridgehead atoms. The summed E-state index contributed by atoms with van der Waals surface area (Å²) in [5.74, 6) is -0.988. The Bertz CT molecular complexity index is 591. The summed E-state index contributed by atoms with van der Waals surface area (Å²) in [6.07, 6.45) is 2.97. The summed E-state index contributed by atoms with van der Waals surface area (Å²) in [6.45, 7) is 0.0292. The molecule has 0 radical (unpaired) electrons. The fourth-order valence-electron chi connectivity index (χ4n) is 1.89. The average Bonchev–Trinajstić information content (AvgIpc) is 3.22. The van der Waals surface area contributed by atoms with Crippen molar-refractivity contribution in [1.29, 1.82) is 0 Å². The normalized spacial score (nSPS) is 15.8. The largest absolute Gasteiger partial charge is 0.481 e. The van der Waals surface area contributed by atoms with Gasteiger partial charge in [-0.3, -0.25) is 4.79 Å². The molecule has 0 atom stereocenters. The highest BCUT2D eigenvalue weighted by atomic mass is 32.2. The standard InChI is InChI=1S/C14H17NO4S/c16-14(17)8-10-15(13-6-7-13)20(18,19)11-9-12-4-2-1-3-5-12/h1-5,9,11,13H,6-8,10H2,(H,16,17)/b11-9+. The first-order chi connectivity index (χ1) is 9.49. The molecular formula is C14H17NO4S. The highest BCUT2D eigenvalue weighted by molar-refractivity contribution is 7.92. The Kier molecular flexibility index (Phi) is 4.57. The number of hydrogen-bond acceptors (Lipinski definition) is 3. The molecule has 20 heavy (non-hydrogen) atoms. The molecule has 2 rings (SSSR count). The topological polar surface area (TPSA) is 74.7 Å². The summed E-state index contributed by atoms with van der Waals surface area (Å²) in [5, 5.41) is 9.85. The SMILES string of the molecule is O=C(O)CCN(C1CC1)S(=O)(=O)/C=C/c1ccccc1. The number of benzene rings is 1. The van der Waals surface area contributed by atoms with Crippen LogP contribution in [0, 0.1) is 0 Å². The Labute approximate surface area is 118 Å². The second-order valence-electron chi connectivity index (χ2n) is 4.74. The van der Waals surface area contributed by atoms with E-state index in [2.05, 4.69) is 0 Å². The van der Waals surface area contributed by atoms with E-state index in [1.54, 1.807) is 0 Å². The van der Waals surface area contributed by atoms with Crippen LogP contribution in [0.2, 0.25) is 0 Å². The van der Waals surface area contributed by atoms with Crippen molar-refractivity contribution in [2.75, 3.05) is 6.54 Å². The summed E-state index contributed by atoms with van der Waals surface area (Å²) < 4.78 is 25.8. The van der Waals surface area contributed by atoms with Crippen LogP contribution in [0.3, 0.4) is 0 Å². The minimum absolute atomic E-state index is 0.0292. The third-order valence-corrected chi connectivity index (χ3v) is 4.67. The van der Waals surface area contributed by atoms with Crippen LogP contribution < -0.4 is 0 Å². The van der Waals surface area contributed by atoms with Gasteiger partial charge in [0, 0.05) is 18.0 Å². The third kappa shape index (κ3) is 4.18. The summed E-state index contributed by atoms with van der Waals surface area (Å²) in [7, 11) is -3.56. The van der Waals surface area contributed by atoms with Crippen molar-refractivity contribution in [3.63, 3.8) is 0 Å². The quantitative estimate of drug-likeness (QED) is 0.834. The maximum Gasteiger partial charge on any atom is 0.304 e. The molecule has 1 N–H and O–H groups in total. The zero-order valence-corrected chi connectivity index (χ0v) is 11.8. The Morgan fingerprint density at radius 2 is 1.95 bits per heavy atom. The summed E-state index contributed by atoms with van der Waals surface area (Å²) in [6, 6.07) is 9.09. The molecule has 0 amide bonds. The van der Waals surface area contributed by atoms with Gasteiger partial charge in [0.2, 0.25) is 10.0 Å². The zero-order chi connectivity index (χ0) is 14.6. The van der Waals surface area contributed by atoms with E-state index in [0.29, 0.717) is 0 Å². The van der Waals surface area contributed by atoms with Gasteiger partial charge in [-0.1, -0.05) is 30.3 Å². The number of hydrogen-bond donors (Lipinski definition) is 1. The van der Waals surface area contributed by atoms with Crippen LogP contribution in [-0.4, -0.2) is 36.4 Å². The van der Waals surface area contributed by atoms with Crippen LogP contribution in [-0.2, 0) is 14.8 Å². The predicted octanol–water partition coefficient (Wildman–Crippen LogP) is 1.93. The lowest BCUT2D eigenvalue weighted by Gasteiger charge is -2.18. The van der Waals surface area contributed by atoms with Crippen LogP contribution in [0.25, 0.3) is 6.08 Å². The van der Waals surface area contributed by atoms with Crippen molar-refractivity contribution in [2.45, 2.75) is 25.3 Å². The van der Waals surface area contributed by atoms with Crippen molar-refractivity contribution in [3.8, 4) is 0 Å². The zero-order valence-electron chi connectivity index (χ0n) is 11.0. The van der Waals surface area contributed by atoms with E-state index in [4.69, 9.17) is 5.11 Å². The maximum absolute atomic E-state index is 12.2. The van der Waals surface area contributed by atoms with Gasteiger partial charge >= 0.3 is 5.97 Å². The molecule has 1 fully saturated rings. The van der Waals surface area contributed by atoms with Crippen LogP contribution in [0.1, 0.15) is 24.8 Å². The Balaban J connectivity index is 2.10. The summed E-state index contributed by atoms with van der Waals surface area (Å²) in [4.78, 5) is 10.6. The smallest absolute Gasteiger partial charge is 0.304 e. The van der Waals surface area contributed by atoms with Gasteiger partial charge < -0.3 is 5.11 Å². The first-order valence-electron chi connectivity index (χ1n) is 6.46. The van der Waals surface area contributed by atoms with Gasteiger partial charge in [-0.15, -0.1) is 0 Å². The van der Waals surface area contributed by atoms with Gasteiger partial charge in [0.1, 0.15) is 0 Å². The number of sulfonamides is 1. The van der Waals surface area contributed by atoms with Crippen molar-refractivity contribution in [2.24, 2.45) is 0 Å². The molecule has 0 aliphatic heterocycles. The van der Waals surface area contributed by atoms with E-state index in [0.717, 1.165) is 23.8 Å². The molecule has 0 saturated heterocycles. The lowest BCUT2D eigenvalue weighted by molar-refractivity contribution is -0.137. The molecule has 0 aromatic heterocycles. The minimum Gasteiger partial charge on any atom is -0.481 e. The summed E-state index contributed by atoms with van der Waals surface area (Å²) in [5.41, 5.74) is 0.796. The fourth-order valence-corrected chi connectivity index (χ4v) is 3.35. The highest BCUT2D eigenvalue weighted by Gasteiger charge is 2.35. The summed E-state index contributed by atoms with van der Waals surface area (Å²) >= 11 is 0. The molecule has 0 spiro atoms. The van der Waals surface area contributed by atoms with E-state index in [9.17, 15) is 13.2 Å². The van der Waals surface area contributed by atoms with Crippen LogP contribution in [0.15, 0.2) is 35.7 Å². The maximum atomic E-state index is 12.2. The van der Waals surface area contributed by atoms with E-state index in [-0.39, 0.29) is 19.0 Å². The second kappa shape index (κ2) is 6.19. The van der Waals surface area contributed by atoms with Gasteiger partial charge in [-0.25, -0.2) is 8.42 Å². The molecule has 1 aliphatic carbocycles. The van der Waals surface area contributed by atoms with E-state index in [1.807, 2.05) is 30.3 Å². The minimum atomic E-state index is -3.56. The molecule has 1 aliphatic rings. The van der Waals surface area contributed by atoms with Crippen molar-refractivity contribution >= 4 is 22.1 Å². The number of nitrogens with zero attached hydrogens (tertiary/aromatic N) is 1. The molecule has 1 aromatic carbocycles. The number of carboxylic acid groups (broad SMARTS) is 1. The van der Waals surface area contributed by atoms with E-state index in [1.165, 1.54) is 10.4 Å². The Morgan fingerprint density at radius 1 is 1.30 bits per heavy atom. The Morgan fingerprint density at radius 3 is 2.50 bits per heavy atom. The third-order valence-electron chi connectivity index (χ3n) is 3.06. The highest BCUT2D eigenvalue weighted by Crippen LogP contribution is 2.30. The molecule has 1 aromatic rings. The van der Waals surface area contributed by atoms with Gasteiger partial charge in [-0.05, 0) is 24.5 Å². The Hall–Kier alpha value is -1.66. The molecular weight excluding hydrogens is 278 g/mol. The first kappa shape index (κ1) is 14.7. The van der Waals surface area contributed by atoms with Gasteiger partial charge in [0.15, 0.2) is 0 Å². The van der Waals surface area contributed by atoms with E-state index < -0.39 is 16.0 Å². The first-order valence-corrected chi connectivity index (χ1v) is 7.96. The molecule has 0 unspecified atom stereocenters. The number of carboxylic acids is 1. The molecule has 1 saturated carbocycles. The average molecular weight is 295 g/mol. The molecule has 6 heteroatoms. The second-order valence-corrected chi connectivity index (χ2v) is 6.52. The molecule has 0 heterocycles. The van der Waals surface area contributed by atoms with Crippen LogP contribution in [0.5, 0.6) is 0 Å². The number of carbonyl (C=O) groups is 1. The fraction of sp³-hybridized carbons (Fsp3) is 0.357. The van der Waals surface area contributed by atoms with Crippen molar-refractivity contribution in [1.82, 2.24) is 4.31 Å². The van der Waals surface area contributed by atoms with Crippen LogP contribution in [0.4, 0.5) is 0 Å². The van der Waals surface area contributed by atoms with Crippen molar-refractivity contribution < 1.29 is 18.3 Å².